The largest absolute Gasteiger partial charge is 0.355 e. The topological polar surface area (TPSA) is 41.1 Å². The van der Waals surface area contributed by atoms with Gasteiger partial charge in [0.25, 0.3) is 0 Å². The monoisotopic (exact) mass is 212 g/mol. The minimum atomic E-state index is 0.493. The first-order valence-electron chi connectivity index (χ1n) is 4.68. The van der Waals surface area contributed by atoms with Crippen LogP contribution >= 0.6 is 11.6 Å². The van der Waals surface area contributed by atoms with Crippen LogP contribution in [0.2, 0.25) is 5.15 Å². The predicted molar refractivity (Wildman–Crippen MR) is 56.7 cm³/mol. The fourth-order valence-corrected chi connectivity index (χ4v) is 1.82. The van der Waals surface area contributed by atoms with Gasteiger partial charge in [0.1, 0.15) is 17.3 Å². The van der Waals surface area contributed by atoms with Crippen molar-refractivity contribution in [2.75, 3.05) is 25.0 Å². The summed E-state index contributed by atoms with van der Waals surface area (Å²) >= 11 is 5.80. The van der Waals surface area contributed by atoms with Crippen molar-refractivity contribution in [3.05, 3.63) is 17.5 Å². The molecule has 0 amide bonds. The van der Waals surface area contributed by atoms with E-state index in [0.29, 0.717) is 11.2 Å². The molecule has 0 unspecified atom stereocenters. The van der Waals surface area contributed by atoms with E-state index in [4.69, 9.17) is 11.6 Å². The Balaban J connectivity index is 2.13. The summed E-state index contributed by atoms with van der Waals surface area (Å²) in [6.45, 7) is 2.09. The first-order valence-corrected chi connectivity index (χ1v) is 5.06. The van der Waals surface area contributed by atoms with Crippen LogP contribution in [-0.4, -0.2) is 36.1 Å². The summed E-state index contributed by atoms with van der Waals surface area (Å²) in [5.41, 5.74) is 0. The van der Waals surface area contributed by atoms with E-state index in [-0.39, 0.29) is 0 Å². The highest BCUT2D eigenvalue weighted by Crippen LogP contribution is 2.17. The molecule has 0 aliphatic carbocycles. The number of anilines is 1. The predicted octanol–water partition coefficient (Wildman–Crippen LogP) is 0.928. The Hall–Kier alpha value is -0.870. The van der Waals surface area contributed by atoms with Crippen LogP contribution < -0.4 is 10.2 Å². The van der Waals surface area contributed by atoms with Crippen molar-refractivity contribution in [3.63, 3.8) is 0 Å². The van der Waals surface area contributed by atoms with Gasteiger partial charge in [0, 0.05) is 25.7 Å². The number of rotatable bonds is 2. The van der Waals surface area contributed by atoms with Gasteiger partial charge in [0.05, 0.1) is 0 Å². The molecule has 1 fully saturated rings. The Labute approximate surface area is 88.3 Å². The number of nitrogens with one attached hydrogen (secondary N) is 1. The summed E-state index contributed by atoms with van der Waals surface area (Å²) < 4.78 is 0. The quantitative estimate of drug-likeness (QED) is 0.741. The van der Waals surface area contributed by atoms with Gasteiger partial charge in [-0.25, -0.2) is 9.97 Å². The summed E-state index contributed by atoms with van der Waals surface area (Å²) in [6, 6.07) is 2.31. The van der Waals surface area contributed by atoms with Gasteiger partial charge in [-0.15, -0.1) is 0 Å². The summed E-state index contributed by atoms with van der Waals surface area (Å²) in [4.78, 5) is 10.2. The molecule has 1 N–H and O–H groups in total. The fraction of sp³-hybridized carbons (Fsp3) is 0.556. The molecule has 76 valence electrons. The highest BCUT2D eigenvalue weighted by atomic mass is 35.5. The van der Waals surface area contributed by atoms with Crippen molar-refractivity contribution in [1.29, 1.82) is 0 Å². The minimum absolute atomic E-state index is 0.493. The van der Waals surface area contributed by atoms with Crippen molar-refractivity contribution in [3.8, 4) is 0 Å². The van der Waals surface area contributed by atoms with Gasteiger partial charge >= 0.3 is 0 Å². The molecule has 0 spiro atoms. The first-order chi connectivity index (χ1) is 6.77. The normalized spacial score (nSPS) is 21.1. The molecule has 1 atom stereocenters. The minimum Gasteiger partial charge on any atom is -0.355 e. The molecule has 0 radical (unpaired) electrons. The van der Waals surface area contributed by atoms with Crippen LogP contribution in [0.1, 0.15) is 6.42 Å². The lowest BCUT2D eigenvalue weighted by Gasteiger charge is -2.24. The third kappa shape index (κ3) is 1.96. The second-order valence-electron chi connectivity index (χ2n) is 3.46. The molecular formula is C9H13ClN4. The van der Waals surface area contributed by atoms with Crippen molar-refractivity contribution < 1.29 is 0 Å². The van der Waals surface area contributed by atoms with Crippen molar-refractivity contribution in [2.24, 2.45) is 0 Å². The molecule has 4 nitrogen and oxygen atoms in total. The highest BCUT2D eigenvalue weighted by molar-refractivity contribution is 6.29. The van der Waals surface area contributed by atoms with Gasteiger partial charge in [-0.1, -0.05) is 11.6 Å². The number of halogens is 1. The molecule has 1 saturated heterocycles. The van der Waals surface area contributed by atoms with E-state index < -0.39 is 0 Å². The number of hydrogen-bond donors (Lipinski definition) is 1. The van der Waals surface area contributed by atoms with E-state index in [1.165, 1.54) is 6.33 Å². The van der Waals surface area contributed by atoms with Crippen LogP contribution in [0.4, 0.5) is 5.82 Å². The molecule has 1 aromatic rings. The van der Waals surface area contributed by atoms with Crippen molar-refractivity contribution >= 4 is 17.4 Å². The highest BCUT2D eigenvalue weighted by Gasteiger charge is 2.20. The lowest BCUT2D eigenvalue weighted by atomic mass is 10.2. The maximum absolute atomic E-state index is 5.80. The molecule has 0 bridgehead atoms. The van der Waals surface area contributed by atoms with E-state index in [2.05, 4.69) is 20.2 Å². The van der Waals surface area contributed by atoms with Crippen molar-refractivity contribution in [2.45, 2.75) is 12.5 Å². The molecule has 1 aliphatic heterocycles. The molecule has 0 saturated carbocycles. The standard InChI is InChI=1S/C9H13ClN4/c1-14(7-2-3-11-5-7)9-4-8(10)12-6-13-9/h4,6-7,11H,2-3,5H2,1H3/t7-/m0/s1. The van der Waals surface area contributed by atoms with Gasteiger partial charge in [-0.2, -0.15) is 0 Å². The average molecular weight is 213 g/mol. The zero-order chi connectivity index (χ0) is 9.97. The zero-order valence-corrected chi connectivity index (χ0v) is 8.83. The number of likely N-dealkylation sites (N-methyl/N-ethyl adjacent to an activating group) is 1. The van der Waals surface area contributed by atoms with Crippen molar-refractivity contribution in [1.82, 2.24) is 15.3 Å². The molecule has 5 heteroatoms. The zero-order valence-electron chi connectivity index (χ0n) is 8.07. The summed E-state index contributed by atoms with van der Waals surface area (Å²) in [5.74, 6) is 0.888. The van der Waals surface area contributed by atoms with E-state index in [9.17, 15) is 0 Å². The van der Waals surface area contributed by atoms with Gasteiger partial charge in [0.2, 0.25) is 0 Å². The molecule has 1 aromatic heterocycles. The van der Waals surface area contributed by atoms with Crippen LogP contribution in [0.5, 0.6) is 0 Å². The summed E-state index contributed by atoms with van der Waals surface area (Å²) in [6.07, 6.45) is 2.65. The van der Waals surface area contributed by atoms with Gasteiger partial charge in [-0.3, -0.25) is 0 Å². The van der Waals surface area contributed by atoms with E-state index >= 15 is 0 Å². The number of aromatic nitrogens is 2. The maximum Gasteiger partial charge on any atom is 0.134 e. The third-order valence-electron chi connectivity index (χ3n) is 2.56. The van der Waals surface area contributed by atoms with Gasteiger partial charge in [-0.05, 0) is 13.0 Å². The summed E-state index contributed by atoms with van der Waals surface area (Å²) in [7, 11) is 2.04. The van der Waals surface area contributed by atoms with Gasteiger partial charge in [0.15, 0.2) is 0 Å². The first kappa shape index (κ1) is 9.68. The molecule has 2 rings (SSSR count). The van der Waals surface area contributed by atoms with Gasteiger partial charge < -0.3 is 10.2 Å². The number of hydrogen-bond acceptors (Lipinski definition) is 4. The Morgan fingerprint density at radius 1 is 1.57 bits per heavy atom. The van der Waals surface area contributed by atoms with E-state index in [1.807, 2.05) is 7.05 Å². The Bertz CT molecular complexity index is 311. The van der Waals surface area contributed by atoms with Crippen LogP contribution in [-0.2, 0) is 0 Å². The fourth-order valence-electron chi connectivity index (χ4n) is 1.67. The second kappa shape index (κ2) is 4.11. The second-order valence-corrected chi connectivity index (χ2v) is 3.84. The van der Waals surface area contributed by atoms with Crippen LogP contribution in [0, 0.1) is 0 Å². The lowest BCUT2D eigenvalue weighted by molar-refractivity contribution is 0.677. The third-order valence-corrected chi connectivity index (χ3v) is 2.77. The molecule has 14 heavy (non-hydrogen) atoms. The molecular weight excluding hydrogens is 200 g/mol. The molecule has 0 aromatic carbocycles. The maximum atomic E-state index is 5.80. The van der Waals surface area contributed by atoms with Crippen LogP contribution in [0.3, 0.4) is 0 Å². The SMILES string of the molecule is CN(c1cc(Cl)ncn1)[C@H]1CCNC1. The van der Waals surface area contributed by atoms with Crippen LogP contribution in [0.15, 0.2) is 12.4 Å². The van der Waals surface area contributed by atoms with E-state index in [0.717, 1.165) is 25.3 Å². The molecule has 2 heterocycles. The Morgan fingerprint density at radius 3 is 3.07 bits per heavy atom. The van der Waals surface area contributed by atoms with Crippen LogP contribution in [0.25, 0.3) is 0 Å². The smallest absolute Gasteiger partial charge is 0.134 e. The lowest BCUT2D eigenvalue weighted by Crippen LogP contribution is -2.33. The Kier molecular flexibility index (Phi) is 2.84. The Morgan fingerprint density at radius 2 is 2.43 bits per heavy atom. The number of nitrogens with zero attached hydrogens (tertiary/aromatic N) is 3. The average Bonchev–Trinajstić information content (AvgIpc) is 2.69. The van der Waals surface area contributed by atoms with E-state index in [1.54, 1.807) is 6.07 Å². The molecule has 1 aliphatic rings. The summed E-state index contributed by atoms with van der Waals surface area (Å²) in [5, 5.41) is 3.81.